The topological polar surface area (TPSA) is 80.3 Å². The standard InChI is InChI=1S/C38H54ClN3O5S/c1-6-7-26-16-30(39)11-14-32(26)29-19-42-18-28-9-13-33(28)34(38-46-21-31(22-47-38)41(4)5)12-8-24(2)25(3)23-48(44)40-37(43)27-10-15-36(45-20-29)35(42)17-27/h10-11,14-17,24-25,28-29,31,33-34,38H,6-9,12-13,18-23H2,1-5H3,(H,40,43)/t24?,25-,28?,29?,31?,33?,34?,38?,48?/m0/s1. The average molecular weight is 700 g/mol. The molecule has 3 heterocycles. The molecule has 6 unspecified atom stereocenters. The molecule has 6 rings (SSSR count). The van der Waals surface area contributed by atoms with Crippen LogP contribution >= 0.6 is 11.6 Å². The normalized spacial score (nSPS) is 33.2. The van der Waals surface area contributed by atoms with Gasteiger partial charge in [0.15, 0.2) is 6.29 Å². The zero-order chi connectivity index (χ0) is 33.9. The smallest absolute Gasteiger partial charge is 0.263 e. The van der Waals surface area contributed by atoms with Crippen molar-refractivity contribution in [2.24, 2.45) is 29.6 Å². The van der Waals surface area contributed by atoms with Crippen LogP contribution in [0.25, 0.3) is 0 Å². The number of likely N-dealkylation sites (N-methyl/N-ethyl adjacent to an activating group) is 1. The Morgan fingerprint density at radius 1 is 0.958 bits per heavy atom. The molecule has 2 aromatic rings. The number of hydrogen-bond acceptors (Lipinski definition) is 7. The lowest BCUT2D eigenvalue weighted by atomic mass is 9.64. The average Bonchev–Trinajstić information content (AvgIpc) is 3.23. The first-order valence-corrected chi connectivity index (χ1v) is 19.7. The molecule has 8 nitrogen and oxygen atoms in total. The molecule has 4 aliphatic rings. The van der Waals surface area contributed by atoms with E-state index in [2.05, 4.69) is 61.5 Å². The molecule has 10 heteroatoms. The Balaban J connectivity index is 1.34. The Kier molecular flexibility index (Phi) is 11.7. The highest BCUT2D eigenvalue weighted by atomic mass is 35.5. The van der Waals surface area contributed by atoms with E-state index < -0.39 is 11.0 Å². The number of halogens is 1. The van der Waals surface area contributed by atoms with Crippen LogP contribution in [0.3, 0.4) is 0 Å². The third-order valence-corrected chi connectivity index (χ3v) is 13.0. The number of hydrogen-bond donors (Lipinski definition) is 1. The molecule has 1 saturated carbocycles. The second kappa shape index (κ2) is 15.8. The molecule has 48 heavy (non-hydrogen) atoms. The summed E-state index contributed by atoms with van der Waals surface area (Å²) in [7, 11) is 2.68. The van der Waals surface area contributed by atoms with Crippen LogP contribution in [-0.4, -0.2) is 80.1 Å². The van der Waals surface area contributed by atoms with Gasteiger partial charge in [0, 0.05) is 41.3 Å². The fourth-order valence-corrected chi connectivity index (χ4v) is 9.48. The number of rotatable bonds is 5. The Labute approximate surface area is 294 Å². The van der Waals surface area contributed by atoms with E-state index in [1.165, 1.54) is 11.1 Å². The first-order valence-electron chi connectivity index (χ1n) is 18.0. The molecular weight excluding hydrogens is 646 g/mol. The summed E-state index contributed by atoms with van der Waals surface area (Å²) in [6.45, 7) is 10.1. The Hall–Kier alpha value is -2.17. The van der Waals surface area contributed by atoms with E-state index in [-0.39, 0.29) is 36.0 Å². The summed E-state index contributed by atoms with van der Waals surface area (Å²) in [5, 5.41) is 0.759. The van der Waals surface area contributed by atoms with Gasteiger partial charge in [-0.3, -0.25) is 9.52 Å². The van der Waals surface area contributed by atoms with E-state index in [0.717, 1.165) is 68.1 Å². The van der Waals surface area contributed by atoms with Gasteiger partial charge in [0.05, 0.1) is 31.5 Å². The van der Waals surface area contributed by atoms with Crippen LogP contribution < -0.4 is 14.4 Å². The number of carbonyl (C=O) groups is 1. The van der Waals surface area contributed by atoms with Crippen molar-refractivity contribution in [3.8, 4) is 5.75 Å². The number of carbonyl (C=O) groups excluding carboxylic acids is 1. The van der Waals surface area contributed by atoms with E-state index in [0.29, 0.717) is 48.9 Å². The van der Waals surface area contributed by atoms with Crippen molar-refractivity contribution in [1.82, 2.24) is 9.62 Å². The molecule has 2 aromatic carbocycles. The number of anilines is 1. The minimum atomic E-state index is -1.48. The SMILES string of the molecule is CCCc1cc(Cl)ccc1C1COc2ccc3cc2N(C1)CC1CCC1C(C1OCC(N(C)C)CO1)CCC(C)[C@@H](C)CS(=O)NC3=O. The van der Waals surface area contributed by atoms with Crippen molar-refractivity contribution < 1.29 is 23.2 Å². The lowest BCUT2D eigenvalue weighted by Gasteiger charge is -2.48. The monoisotopic (exact) mass is 699 g/mol. The van der Waals surface area contributed by atoms with Gasteiger partial charge in [-0.1, -0.05) is 44.9 Å². The quantitative estimate of drug-likeness (QED) is 0.373. The van der Waals surface area contributed by atoms with E-state index in [1.54, 1.807) is 6.07 Å². The van der Waals surface area contributed by atoms with Crippen LogP contribution in [0.1, 0.15) is 80.3 Å². The molecule has 264 valence electrons. The number of nitrogens with zero attached hydrogens (tertiary/aromatic N) is 2. The van der Waals surface area contributed by atoms with Gasteiger partial charge < -0.3 is 24.0 Å². The van der Waals surface area contributed by atoms with Gasteiger partial charge in [0.1, 0.15) is 16.7 Å². The molecule has 1 saturated heterocycles. The summed E-state index contributed by atoms with van der Waals surface area (Å²) in [6, 6.07) is 12.2. The van der Waals surface area contributed by atoms with Crippen LogP contribution in [0, 0.1) is 29.6 Å². The summed E-state index contributed by atoms with van der Waals surface area (Å²) in [5.41, 5.74) is 3.98. The minimum Gasteiger partial charge on any atom is -0.491 e. The van der Waals surface area contributed by atoms with Gasteiger partial charge in [-0.05, 0) is 111 Å². The first-order chi connectivity index (χ1) is 23.1. The molecule has 3 aliphatic heterocycles. The van der Waals surface area contributed by atoms with Crippen molar-refractivity contribution in [1.29, 1.82) is 0 Å². The first kappa shape index (κ1) is 35.6. The number of fused-ring (bicyclic) bond motifs is 2. The van der Waals surface area contributed by atoms with Crippen molar-refractivity contribution in [3.05, 3.63) is 58.1 Å². The summed E-state index contributed by atoms with van der Waals surface area (Å²) in [6.07, 6.45) is 6.09. The van der Waals surface area contributed by atoms with Crippen LogP contribution in [-0.2, 0) is 26.9 Å². The molecule has 1 aliphatic carbocycles. The lowest BCUT2D eigenvalue weighted by molar-refractivity contribution is -0.241. The predicted octanol–water partition coefficient (Wildman–Crippen LogP) is 6.68. The molecule has 0 radical (unpaired) electrons. The third-order valence-electron chi connectivity index (χ3n) is 11.5. The molecule has 2 fully saturated rings. The molecular formula is C38H54ClN3O5S. The Morgan fingerprint density at radius 2 is 1.73 bits per heavy atom. The number of nitrogens with one attached hydrogen (secondary N) is 1. The van der Waals surface area contributed by atoms with E-state index in [9.17, 15) is 9.00 Å². The van der Waals surface area contributed by atoms with E-state index in [4.69, 9.17) is 25.8 Å². The van der Waals surface area contributed by atoms with Gasteiger partial charge in [-0.2, -0.15) is 0 Å². The number of aryl methyl sites for hydroxylation is 1. The van der Waals surface area contributed by atoms with Gasteiger partial charge in [-0.25, -0.2) is 4.21 Å². The maximum Gasteiger partial charge on any atom is 0.263 e. The largest absolute Gasteiger partial charge is 0.491 e. The van der Waals surface area contributed by atoms with E-state index >= 15 is 0 Å². The van der Waals surface area contributed by atoms with Crippen LogP contribution in [0.2, 0.25) is 5.02 Å². The van der Waals surface area contributed by atoms with Crippen molar-refractivity contribution in [2.45, 2.75) is 77.5 Å². The fraction of sp³-hybridized carbons (Fsp3) is 0.658. The maximum atomic E-state index is 13.4. The molecule has 2 bridgehead atoms. The molecule has 1 amide bonds. The zero-order valence-corrected chi connectivity index (χ0v) is 30.9. The molecule has 0 aromatic heterocycles. The van der Waals surface area contributed by atoms with Crippen LogP contribution in [0.4, 0.5) is 5.69 Å². The zero-order valence-electron chi connectivity index (χ0n) is 29.3. The number of amides is 1. The van der Waals surface area contributed by atoms with Gasteiger partial charge in [0.25, 0.3) is 5.91 Å². The lowest BCUT2D eigenvalue weighted by Crippen LogP contribution is -2.51. The van der Waals surface area contributed by atoms with Gasteiger partial charge in [0.2, 0.25) is 0 Å². The second-order valence-corrected chi connectivity index (χ2v) is 16.6. The molecule has 7 atom stereocenters. The minimum absolute atomic E-state index is 0.135. The summed E-state index contributed by atoms with van der Waals surface area (Å²) < 4.78 is 35.5. The van der Waals surface area contributed by atoms with Gasteiger partial charge >= 0.3 is 0 Å². The van der Waals surface area contributed by atoms with Crippen molar-refractivity contribution in [3.63, 3.8) is 0 Å². The van der Waals surface area contributed by atoms with Crippen LogP contribution in [0.5, 0.6) is 5.75 Å². The molecule has 1 N–H and O–H groups in total. The summed E-state index contributed by atoms with van der Waals surface area (Å²) in [4.78, 5) is 18.1. The fourth-order valence-electron chi connectivity index (χ4n) is 8.08. The molecule has 0 spiro atoms. The highest BCUT2D eigenvalue weighted by Crippen LogP contribution is 2.47. The Bertz CT molecular complexity index is 1450. The van der Waals surface area contributed by atoms with Crippen molar-refractivity contribution in [2.75, 3.05) is 57.7 Å². The highest BCUT2D eigenvalue weighted by Gasteiger charge is 2.44. The summed E-state index contributed by atoms with van der Waals surface area (Å²) >= 11 is 6.47. The summed E-state index contributed by atoms with van der Waals surface area (Å²) in [5.74, 6) is 2.80. The highest BCUT2D eigenvalue weighted by molar-refractivity contribution is 7.83. The Morgan fingerprint density at radius 3 is 2.44 bits per heavy atom. The van der Waals surface area contributed by atoms with Crippen molar-refractivity contribution >= 4 is 34.2 Å². The predicted molar refractivity (Wildman–Crippen MR) is 193 cm³/mol. The number of ether oxygens (including phenoxy) is 3. The van der Waals surface area contributed by atoms with E-state index in [1.807, 2.05) is 18.2 Å². The maximum absolute atomic E-state index is 13.4. The third kappa shape index (κ3) is 8.07. The second-order valence-electron chi connectivity index (χ2n) is 15.0. The van der Waals surface area contributed by atoms with Gasteiger partial charge in [-0.15, -0.1) is 0 Å². The number of benzene rings is 2. The van der Waals surface area contributed by atoms with Crippen LogP contribution in [0.15, 0.2) is 36.4 Å².